The molecule has 5 heteroatoms. The number of likely N-dealkylation sites (N-methyl/N-ethyl adjacent to an activating group) is 1. The molecule has 0 unspecified atom stereocenters. The van der Waals surface area contributed by atoms with Gasteiger partial charge in [-0.15, -0.1) is 0 Å². The quantitative estimate of drug-likeness (QED) is 0.712. The number of carbonyl (C=O) groups excluding carboxylic acids is 1. The second kappa shape index (κ2) is 4.76. The number of amides is 1. The zero-order chi connectivity index (χ0) is 10.6. The molecule has 14 heavy (non-hydrogen) atoms. The third-order valence-corrected chi connectivity index (χ3v) is 2.00. The summed E-state index contributed by atoms with van der Waals surface area (Å²) in [6.07, 6.45) is 3.53. The number of carbonyl (C=O) groups is 1. The van der Waals surface area contributed by atoms with Crippen LogP contribution in [0.4, 0.5) is 0 Å². The summed E-state index contributed by atoms with van der Waals surface area (Å²) in [6.45, 7) is 1.02. The highest BCUT2D eigenvalue weighted by molar-refractivity contribution is 5.77. The van der Waals surface area contributed by atoms with Crippen LogP contribution in [0.2, 0.25) is 0 Å². The third kappa shape index (κ3) is 2.85. The Morgan fingerprint density at radius 1 is 1.64 bits per heavy atom. The van der Waals surface area contributed by atoms with Gasteiger partial charge in [-0.3, -0.25) is 4.79 Å². The molecule has 0 spiro atoms. The first kappa shape index (κ1) is 10.7. The molecule has 0 fully saturated rings. The van der Waals surface area contributed by atoms with Crippen LogP contribution in [0.5, 0.6) is 0 Å². The van der Waals surface area contributed by atoms with Crippen LogP contribution in [0.1, 0.15) is 5.69 Å². The largest absolute Gasteiger partial charge is 0.348 e. The van der Waals surface area contributed by atoms with Crippen LogP contribution in [0.3, 0.4) is 0 Å². The van der Waals surface area contributed by atoms with Crippen molar-refractivity contribution in [3.8, 4) is 0 Å². The van der Waals surface area contributed by atoms with Gasteiger partial charge in [0.2, 0.25) is 5.91 Å². The van der Waals surface area contributed by atoms with Gasteiger partial charge in [-0.1, -0.05) is 0 Å². The molecule has 0 aliphatic carbocycles. The standard InChI is InChI=1S/C9H16N4O/c1-12(2)9(14)6-10-4-8-5-11-7-13(8)3/h5,7,10H,4,6H2,1-3H3. The molecule has 1 amide bonds. The predicted molar refractivity (Wildman–Crippen MR) is 53.6 cm³/mol. The second-order valence-electron chi connectivity index (χ2n) is 3.39. The number of imidazole rings is 1. The van der Waals surface area contributed by atoms with Crippen molar-refractivity contribution >= 4 is 5.91 Å². The maximum absolute atomic E-state index is 11.2. The molecular formula is C9H16N4O. The number of hydrogen-bond donors (Lipinski definition) is 1. The molecule has 5 nitrogen and oxygen atoms in total. The van der Waals surface area contributed by atoms with Crippen LogP contribution in [0.25, 0.3) is 0 Å². The van der Waals surface area contributed by atoms with Crippen molar-refractivity contribution in [2.24, 2.45) is 7.05 Å². The summed E-state index contributed by atoms with van der Waals surface area (Å²) in [5, 5.41) is 3.06. The van der Waals surface area contributed by atoms with Crippen molar-refractivity contribution < 1.29 is 4.79 Å². The Labute approximate surface area is 83.7 Å². The Morgan fingerprint density at radius 3 is 2.86 bits per heavy atom. The number of aryl methyl sites for hydroxylation is 1. The highest BCUT2D eigenvalue weighted by atomic mass is 16.2. The van der Waals surface area contributed by atoms with E-state index in [2.05, 4.69) is 10.3 Å². The minimum Gasteiger partial charge on any atom is -0.348 e. The molecule has 0 aliphatic heterocycles. The summed E-state index contributed by atoms with van der Waals surface area (Å²) in [7, 11) is 5.42. The Hall–Kier alpha value is -1.36. The summed E-state index contributed by atoms with van der Waals surface area (Å²) in [4.78, 5) is 16.7. The third-order valence-electron chi connectivity index (χ3n) is 2.00. The lowest BCUT2D eigenvalue weighted by molar-refractivity contribution is -0.127. The minimum atomic E-state index is 0.0761. The van der Waals surface area contributed by atoms with E-state index in [4.69, 9.17) is 0 Å². The fraction of sp³-hybridized carbons (Fsp3) is 0.556. The number of nitrogens with zero attached hydrogens (tertiary/aromatic N) is 3. The van der Waals surface area contributed by atoms with Crippen LogP contribution >= 0.6 is 0 Å². The van der Waals surface area contributed by atoms with Crippen LogP contribution in [0.15, 0.2) is 12.5 Å². The zero-order valence-electron chi connectivity index (χ0n) is 8.82. The molecule has 1 N–H and O–H groups in total. The van der Waals surface area contributed by atoms with Gasteiger partial charge < -0.3 is 14.8 Å². The molecule has 0 bridgehead atoms. The first-order valence-electron chi connectivity index (χ1n) is 4.47. The molecule has 0 atom stereocenters. The van der Waals surface area contributed by atoms with E-state index in [1.807, 2.05) is 11.6 Å². The molecular weight excluding hydrogens is 180 g/mol. The fourth-order valence-electron chi connectivity index (χ4n) is 1.01. The smallest absolute Gasteiger partial charge is 0.236 e. The molecule has 1 aromatic heterocycles. The molecule has 0 aromatic carbocycles. The van der Waals surface area contributed by atoms with Gasteiger partial charge in [0.25, 0.3) is 0 Å². The monoisotopic (exact) mass is 196 g/mol. The van der Waals surface area contributed by atoms with Gasteiger partial charge in [0.1, 0.15) is 0 Å². The van der Waals surface area contributed by atoms with E-state index in [1.54, 1.807) is 31.5 Å². The Morgan fingerprint density at radius 2 is 2.36 bits per heavy atom. The second-order valence-corrected chi connectivity index (χ2v) is 3.39. The summed E-state index contributed by atoms with van der Waals surface area (Å²) < 4.78 is 1.92. The lowest BCUT2D eigenvalue weighted by atomic mass is 10.4. The van der Waals surface area contributed by atoms with Crippen LogP contribution in [-0.4, -0.2) is 41.0 Å². The SMILES string of the molecule is CN(C)C(=O)CNCc1cncn1C. The highest BCUT2D eigenvalue weighted by Gasteiger charge is 2.03. The van der Waals surface area contributed by atoms with Gasteiger partial charge in [-0.25, -0.2) is 4.98 Å². The fourth-order valence-corrected chi connectivity index (χ4v) is 1.01. The van der Waals surface area contributed by atoms with Crippen molar-refractivity contribution in [1.82, 2.24) is 19.8 Å². The van der Waals surface area contributed by atoms with Crippen molar-refractivity contribution in [2.45, 2.75) is 6.54 Å². The molecule has 0 aliphatic rings. The first-order valence-corrected chi connectivity index (χ1v) is 4.47. The Bertz CT molecular complexity index is 306. The molecule has 0 radical (unpaired) electrons. The topological polar surface area (TPSA) is 50.2 Å². The maximum atomic E-state index is 11.2. The summed E-state index contributed by atoms with van der Waals surface area (Å²) >= 11 is 0. The number of nitrogens with one attached hydrogen (secondary N) is 1. The van der Waals surface area contributed by atoms with Gasteiger partial charge in [0.05, 0.1) is 18.6 Å². The van der Waals surface area contributed by atoms with E-state index in [1.165, 1.54) is 0 Å². The lowest BCUT2D eigenvalue weighted by Gasteiger charge is -2.10. The normalized spacial score (nSPS) is 10.2. The van der Waals surface area contributed by atoms with E-state index < -0.39 is 0 Å². The lowest BCUT2D eigenvalue weighted by Crippen LogP contribution is -2.32. The minimum absolute atomic E-state index is 0.0761. The van der Waals surface area contributed by atoms with E-state index >= 15 is 0 Å². The molecule has 0 saturated heterocycles. The van der Waals surface area contributed by atoms with Crippen molar-refractivity contribution in [2.75, 3.05) is 20.6 Å². The Kier molecular flexibility index (Phi) is 3.64. The van der Waals surface area contributed by atoms with E-state index in [-0.39, 0.29) is 5.91 Å². The van der Waals surface area contributed by atoms with Crippen molar-refractivity contribution in [3.63, 3.8) is 0 Å². The molecule has 1 aromatic rings. The average Bonchev–Trinajstić information content (AvgIpc) is 2.51. The zero-order valence-corrected chi connectivity index (χ0v) is 8.82. The molecule has 1 rings (SSSR count). The van der Waals surface area contributed by atoms with E-state index in [0.29, 0.717) is 13.1 Å². The molecule has 0 saturated carbocycles. The number of hydrogen-bond acceptors (Lipinski definition) is 3. The van der Waals surface area contributed by atoms with Gasteiger partial charge in [0.15, 0.2) is 0 Å². The van der Waals surface area contributed by atoms with Crippen molar-refractivity contribution in [1.29, 1.82) is 0 Å². The molecule has 1 heterocycles. The Balaban J connectivity index is 2.29. The first-order chi connectivity index (χ1) is 6.61. The number of rotatable bonds is 4. The molecule has 78 valence electrons. The van der Waals surface area contributed by atoms with Crippen LogP contribution in [0, 0.1) is 0 Å². The highest BCUT2D eigenvalue weighted by Crippen LogP contribution is 1.94. The van der Waals surface area contributed by atoms with Gasteiger partial charge >= 0.3 is 0 Å². The van der Waals surface area contributed by atoms with E-state index in [9.17, 15) is 4.79 Å². The van der Waals surface area contributed by atoms with Crippen LogP contribution < -0.4 is 5.32 Å². The van der Waals surface area contributed by atoms with Gasteiger partial charge in [-0.05, 0) is 0 Å². The van der Waals surface area contributed by atoms with Gasteiger partial charge in [-0.2, -0.15) is 0 Å². The summed E-state index contributed by atoms with van der Waals surface area (Å²) in [6, 6.07) is 0. The summed E-state index contributed by atoms with van der Waals surface area (Å²) in [5.74, 6) is 0.0761. The number of aromatic nitrogens is 2. The van der Waals surface area contributed by atoms with E-state index in [0.717, 1.165) is 5.69 Å². The van der Waals surface area contributed by atoms with Crippen molar-refractivity contribution in [3.05, 3.63) is 18.2 Å². The van der Waals surface area contributed by atoms with Gasteiger partial charge in [0, 0.05) is 33.9 Å². The summed E-state index contributed by atoms with van der Waals surface area (Å²) in [5.41, 5.74) is 1.07. The van der Waals surface area contributed by atoms with Crippen LogP contribution in [-0.2, 0) is 18.4 Å². The predicted octanol–water partition coefficient (Wildman–Crippen LogP) is -0.402. The average molecular weight is 196 g/mol. The maximum Gasteiger partial charge on any atom is 0.236 e.